The van der Waals surface area contributed by atoms with Gasteiger partial charge in [0.15, 0.2) is 0 Å². The average molecular weight is 289 g/mol. The zero-order chi connectivity index (χ0) is 15.3. The molecule has 1 fully saturated rings. The summed E-state index contributed by atoms with van der Waals surface area (Å²) in [7, 11) is 0. The smallest absolute Gasteiger partial charge is 0.124 e. The van der Waals surface area contributed by atoms with Crippen LogP contribution in [0.5, 0.6) is 5.75 Å². The third-order valence-electron chi connectivity index (χ3n) is 4.83. The summed E-state index contributed by atoms with van der Waals surface area (Å²) in [6.45, 7) is 10.8. The Hall–Kier alpha value is -1.02. The zero-order valence-corrected chi connectivity index (χ0v) is 14.1. The molecular formula is C19H31NO. The van der Waals surface area contributed by atoms with Crippen molar-refractivity contribution < 1.29 is 4.74 Å². The minimum Gasteiger partial charge on any atom is -0.494 e. The van der Waals surface area contributed by atoms with Crippen molar-refractivity contribution in [1.29, 1.82) is 0 Å². The molecule has 2 rings (SSSR count). The largest absolute Gasteiger partial charge is 0.494 e. The highest BCUT2D eigenvalue weighted by Gasteiger charge is 2.32. The molecule has 1 aromatic rings. The van der Waals surface area contributed by atoms with E-state index in [1.165, 1.54) is 31.2 Å². The van der Waals surface area contributed by atoms with Gasteiger partial charge >= 0.3 is 0 Å². The third-order valence-corrected chi connectivity index (χ3v) is 4.83. The molecule has 0 aliphatic heterocycles. The summed E-state index contributed by atoms with van der Waals surface area (Å²) in [4.78, 5) is 0. The standard InChI is InChI=1S/C19H31NO/c1-5-20-18(15-11-13-19(3,4)14-12-15)16-9-7-8-10-17(16)21-6-2/h7-10,15,18,20H,5-6,11-14H2,1-4H3. The van der Waals surface area contributed by atoms with Gasteiger partial charge in [-0.1, -0.05) is 39.0 Å². The van der Waals surface area contributed by atoms with E-state index in [4.69, 9.17) is 4.74 Å². The van der Waals surface area contributed by atoms with Gasteiger partial charge in [0.2, 0.25) is 0 Å². The van der Waals surface area contributed by atoms with Crippen molar-refractivity contribution in [2.75, 3.05) is 13.2 Å². The maximum atomic E-state index is 5.86. The van der Waals surface area contributed by atoms with Crippen molar-refractivity contribution in [3.05, 3.63) is 29.8 Å². The predicted molar refractivity (Wildman–Crippen MR) is 89.8 cm³/mol. The predicted octanol–water partition coefficient (Wildman–Crippen LogP) is 4.95. The molecule has 0 radical (unpaired) electrons. The van der Waals surface area contributed by atoms with Crippen LogP contribution >= 0.6 is 0 Å². The van der Waals surface area contributed by atoms with Crippen LogP contribution in [0.15, 0.2) is 24.3 Å². The van der Waals surface area contributed by atoms with Gasteiger partial charge in [-0.05, 0) is 56.6 Å². The first kappa shape index (κ1) is 16.4. The van der Waals surface area contributed by atoms with Gasteiger partial charge in [-0.25, -0.2) is 0 Å². The van der Waals surface area contributed by atoms with Crippen LogP contribution in [-0.2, 0) is 0 Å². The second kappa shape index (κ2) is 7.31. The summed E-state index contributed by atoms with van der Waals surface area (Å²) < 4.78 is 5.86. The molecule has 0 bridgehead atoms. The molecule has 118 valence electrons. The van der Waals surface area contributed by atoms with E-state index in [9.17, 15) is 0 Å². The zero-order valence-electron chi connectivity index (χ0n) is 14.1. The van der Waals surface area contributed by atoms with Gasteiger partial charge in [0.1, 0.15) is 5.75 Å². The van der Waals surface area contributed by atoms with E-state index < -0.39 is 0 Å². The molecule has 1 N–H and O–H groups in total. The van der Waals surface area contributed by atoms with E-state index in [0.717, 1.165) is 24.8 Å². The van der Waals surface area contributed by atoms with Crippen LogP contribution in [0, 0.1) is 11.3 Å². The quantitative estimate of drug-likeness (QED) is 0.800. The molecule has 0 aromatic heterocycles. The van der Waals surface area contributed by atoms with Gasteiger partial charge in [-0.15, -0.1) is 0 Å². The number of para-hydroxylation sites is 1. The molecule has 0 spiro atoms. The first-order valence-corrected chi connectivity index (χ1v) is 8.52. The van der Waals surface area contributed by atoms with Crippen LogP contribution in [0.1, 0.15) is 65.0 Å². The van der Waals surface area contributed by atoms with Crippen molar-refractivity contribution in [2.24, 2.45) is 11.3 Å². The summed E-state index contributed by atoms with van der Waals surface area (Å²) in [6.07, 6.45) is 5.28. The van der Waals surface area contributed by atoms with Crippen molar-refractivity contribution in [3.8, 4) is 5.75 Å². The Bertz CT molecular complexity index is 431. The summed E-state index contributed by atoms with van der Waals surface area (Å²) >= 11 is 0. The average Bonchev–Trinajstić information content (AvgIpc) is 2.46. The minimum absolute atomic E-state index is 0.425. The molecule has 1 unspecified atom stereocenters. The Morgan fingerprint density at radius 1 is 1.19 bits per heavy atom. The number of ether oxygens (including phenoxy) is 1. The monoisotopic (exact) mass is 289 g/mol. The van der Waals surface area contributed by atoms with E-state index in [0.29, 0.717) is 11.5 Å². The minimum atomic E-state index is 0.425. The molecule has 1 saturated carbocycles. The van der Waals surface area contributed by atoms with Crippen LogP contribution in [0.3, 0.4) is 0 Å². The number of benzene rings is 1. The fourth-order valence-corrected chi connectivity index (χ4v) is 3.53. The number of rotatable bonds is 6. The molecule has 2 heteroatoms. The highest BCUT2D eigenvalue weighted by atomic mass is 16.5. The van der Waals surface area contributed by atoms with E-state index in [-0.39, 0.29) is 0 Å². The lowest BCUT2D eigenvalue weighted by molar-refractivity contribution is 0.160. The Morgan fingerprint density at radius 3 is 2.48 bits per heavy atom. The highest BCUT2D eigenvalue weighted by molar-refractivity contribution is 5.36. The molecule has 0 saturated heterocycles. The second-order valence-corrected chi connectivity index (χ2v) is 7.01. The lowest BCUT2D eigenvalue weighted by atomic mass is 9.70. The van der Waals surface area contributed by atoms with E-state index in [1.54, 1.807) is 0 Å². The normalized spacial score (nSPS) is 20.2. The maximum absolute atomic E-state index is 5.86. The molecule has 1 atom stereocenters. The molecule has 2 nitrogen and oxygen atoms in total. The molecule has 1 aromatic carbocycles. The van der Waals surface area contributed by atoms with E-state index in [2.05, 4.69) is 57.3 Å². The molecule has 1 aliphatic carbocycles. The van der Waals surface area contributed by atoms with Crippen LogP contribution in [-0.4, -0.2) is 13.2 Å². The third kappa shape index (κ3) is 4.23. The SMILES string of the molecule is CCNC(c1ccccc1OCC)C1CCC(C)(C)CC1. The molecule has 21 heavy (non-hydrogen) atoms. The number of nitrogens with one attached hydrogen (secondary N) is 1. The fraction of sp³-hybridized carbons (Fsp3) is 0.684. The number of hydrogen-bond acceptors (Lipinski definition) is 2. The summed E-state index contributed by atoms with van der Waals surface area (Å²) in [6, 6.07) is 8.97. The fourth-order valence-electron chi connectivity index (χ4n) is 3.53. The molecular weight excluding hydrogens is 258 g/mol. The van der Waals surface area contributed by atoms with E-state index >= 15 is 0 Å². The Balaban J connectivity index is 2.19. The van der Waals surface area contributed by atoms with Gasteiger partial charge in [0.25, 0.3) is 0 Å². The van der Waals surface area contributed by atoms with Crippen molar-refractivity contribution >= 4 is 0 Å². The summed E-state index contributed by atoms with van der Waals surface area (Å²) in [5.41, 5.74) is 1.86. The van der Waals surface area contributed by atoms with Crippen molar-refractivity contribution in [1.82, 2.24) is 5.32 Å². The Labute approximate surface area is 130 Å². The lowest BCUT2D eigenvalue weighted by Crippen LogP contribution is -2.33. The van der Waals surface area contributed by atoms with Gasteiger partial charge in [0.05, 0.1) is 6.61 Å². The van der Waals surface area contributed by atoms with Crippen LogP contribution < -0.4 is 10.1 Å². The maximum Gasteiger partial charge on any atom is 0.124 e. The first-order valence-electron chi connectivity index (χ1n) is 8.52. The summed E-state index contributed by atoms with van der Waals surface area (Å²) in [5.74, 6) is 1.77. The van der Waals surface area contributed by atoms with Gasteiger partial charge in [-0.3, -0.25) is 0 Å². The van der Waals surface area contributed by atoms with E-state index in [1.807, 2.05) is 0 Å². The van der Waals surface area contributed by atoms with Crippen molar-refractivity contribution in [3.63, 3.8) is 0 Å². The van der Waals surface area contributed by atoms with Crippen molar-refractivity contribution in [2.45, 2.75) is 59.4 Å². The number of hydrogen-bond donors (Lipinski definition) is 1. The topological polar surface area (TPSA) is 21.3 Å². The second-order valence-electron chi connectivity index (χ2n) is 7.01. The Kier molecular flexibility index (Phi) is 5.69. The lowest BCUT2D eigenvalue weighted by Gasteiger charge is -2.38. The van der Waals surface area contributed by atoms with Crippen LogP contribution in [0.4, 0.5) is 0 Å². The van der Waals surface area contributed by atoms with Gasteiger partial charge in [0, 0.05) is 11.6 Å². The van der Waals surface area contributed by atoms with Gasteiger partial charge in [-0.2, -0.15) is 0 Å². The van der Waals surface area contributed by atoms with Crippen LogP contribution in [0.2, 0.25) is 0 Å². The molecule has 0 heterocycles. The molecule has 0 amide bonds. The first-order chi connectivity index (χ1) is 10.1. The highest BCUT2D eigenvalue weighted by Crippen LogP contribution is 2.44. The van der Waals surface area contributed by atoms with Crippen LogP contribution in [0.25, 0.3) is 0 Å². The Morgan fingerprint density at radius 2 is 1.86 bits per heavy atom. The van der Waals surface area contributed by atoms with Gasteiger partial charge < -0.3 is 10.1 Å². The molecule has 1 aliphatic rings. The summed E-state index contributed by atoms with van der Waals surface area (Å²) in [5, 5.41) is 3.71.